The van der Waals surface area contributed by atoms with Crippen LogP contribution in [0.15, 0.2) is 34.9 Å². The summed E-state index contributed by atoms with van der Waals surface area (Å²) in [6, 6.07) is 6.83. The van der Waals surface area contributed by atoms with Crippen LogP contribution in [0.3, 0.4) is 0 Å². The van der Waals surface area contributed by atoms with Crippen LogP contribution in [-0.4, -0.2) is 11.7 Å². The molecule has 0 fully saturated rings. The number of anilines is 2. The smallest absolute Gasteiger partial charge is 0.259 e. The zero-order chi connectivity index (χ0) is 15.9. The molecule has 1 aromatic heterocycles. The maximum absolute atomic E-state index is 12.4. The maximum atomic E-state index is 12.4. The Hall–Kier alpha value is -2.56. The van der Waals surface area contributed by atoms with Crippen molar-refractivity contribution in [1.29, 1.82) is 0 Å². The van der Waals surface area contributed by atoms with Crippen LogP contribution in [0.25, 0.3) is 0 Å². The summed E-state index contributed by atoms with van der Waals surface area (Å²) in [4.78, 5) is 24.7. The Morgan fingerprint density at radius 3 is 2.59 bits per heavy atom. The minimum Gasteiger partial charge on any atom is -0.468 e. The van der Waals surface area contributed by atoms with Crippen molar-refractivity contribution in [3.05, 3.63) is 47.4 Å². The van der Waals surface area contributed by atoms with Crippen molar-refractivity contribution in [2.45, 2.75) is 26.7 Å². The number of carbonyl (C=O) groups excluding carboxylic acids is 2. The summed E-state index contributed by atoms with van der Waals surface area (Å²) in [6.07, 6.45) is 2.45. The first-order chi connectivity index (χ1) is 10.4. The van der Waals surface area contributed by atoms with Crippen LogP contribution in [0, 0.1) is 5.41 Å². The Morgan fingerprint density at radius 1 is 1.23 bits per heavy atom. The molecule has 1 aromatic carbocycles. The summed E-state index contributed by atoms with van der Waals surface area (Å²) < 4.78 is 5.47. The first-order valence-corrected chi connectivity index (χ1v) is 7.16. The van der Waals surface area contributed by atoms with E-state index in [0.717, 1.165) is 0 Å². The molecule has 0 saturated heterocycles. The van der Waals surface area contributed by atoms with Gasteiger partial charge in [0.2, 0.25) is 0 Å². The Bertz CT molecular complexity index is 742. The Balaban J connectivity index is 1.87. The van der Waals surface area contributed by atoms with Gasteiger partial charge in [-0.1, -0.05) is 13.8 Å². The Labute approximate surface area is 128 Å². The molecule has 114 valence electrons. The van der Waals surface area contributed by atoms with E-state index in [2.05, 4.69) is 5.32 Å². The van der Waals surface area contributed by atoms with E-state index in [0.29, 0.717) is 41.1 Å². The number of carbonyl (C=O) groups is 2. The van der Waals surface area contributed by atoms with Gasteiger partial charge in [-0.3, -0.25) is 9.59 Å². The third kappa shape index (κ3) is 2.62. The molecule has 0 aliphatic heterocycles. The normalized spacial score (nSPS) is 16.2. The predicted octanol–water partition coefficient (Wildman–Crippen LogP) is 3.27. The molecule has 0 atom stereocenters. The fourth-order valence-electron chi connectivity index (χ4n) is 2.79. The van der Waals surface area contributed by atoms with E-state index in [1.54, 1.807) is 24.3 Å². The van der Waals surface area contributed by atoms with Crippen molar-refractivity contribution in [1.82, 2.24) is 0 Å². The molecule has 0 unspecified atom stereocenters. The first kappa shape index (κ1) is 14.4. The SMILES string of the molecule is CC1(C)CC(=O)c2c(C(=O)Nc3ccc(N)cc3)coc2C1. The molecule has 1 aliphatic carbocycles. The van der Waals surface area contributed by atoms with Gasteiger partial charge < -0.3 is 15.5 Å². The summed E-state index contributed by atoms with van der Waals surface area (Å²) in [5.74, 6) is 0.217. The van der Waals surface area contributed by atoms with Gasteiger partial charge in [-0.05, 0) is 29.7 Å². The molecule has 5 heteroatoms. The summed E-state index contributed by atoms with van der Waals surface area (Å²) in [6.45, 7) is 4.04. The number of ketones is 1. The van der Waals surface area contributed by atoms with Gasteiger partial charge in [-0.15, -0.1) is 0 Å². The minimum atomic E-state index is -0.345. The number of Topliss-reactive ketones (excluding diaryl/α,β-unsaturated/α-hetero) is 1. The third-order valence-corrected chi connectivity index (χ3v) is 3.84. The standard InChI is InChI=1S/C17H18N2O3/c1-17(2)7-13(20)15-12(9-22-14(15)8-17)16(21)19-11-5-3-10(18)4-6-11/h3-6,9H,7-8,18H2,1-2H3,(H,19,21). The second-order valence-electron chi connectivity index (χ2n) is 6.46. The van der Waals surface area contributed by atoms with Crippen LogP contribution in [0.5, 0.6) is 0 Å². The lowest BCUT2D eigenvalue weighted by atomic mass is 9.76. The molecule has 0 bridgehead atoms. The van der Waals surface area contributed by atoms with Gasteiger partial charge >= 0.3 is 0 Å². The number of hydrogen-bond donors (Lipinski definition) is 2. The third-order valence-electron chi connectivity index (χ3n) is 3.84. The number of nitrogens with two attached hydrogens (primary N) is 1. The monoisotopic (exact) mass is 298 g/mol. The Morgan fingerprint density at radius 2 is 1.91 bits per heavy atom. The molecule has 22 heavy (non-hydrogen) atoms. The molecule has 0 spiro atoms. The summed E-state index contributed by atoms with van der Waals surface area (Å²) in [5.41, 5.74) is 7.45. The number of nitrogens with one attached hydrogen (secondary N) is 1. The van der Waals surface area contributed by atoms with Gasteiger partial charge in [0.15, 0.2) is 5.78 Å². The number of benzene rings is 1. The average molecular weight is 298 g/mol. The lowest BCUT2D eigenvalue weighted by molar-refractivity contribution is 0.0895. The molecule has 5 nitrogen and oxygen atoms in total. The van der Waals surface area contributed by atoms with Gasteiger partial charge in [-0.2, -0.15) is 0 Å². The minimum absolute atomic E-state index is 0.0394. The highest BCUT2D eigenvalue weighted by molar-refractivity contribution is 6.13. The van der Waals surface area contributed by atoms with Crippen molar-refractivity contribution < 1.29 is 14.0 Å². The van der Waals surface area contributed by atoms with Crippen LogP contribution in [0.2, 0.25) is 0 Å². The predicted molar refractivity (Wildman–Crippen MR) is 83.9 cm³/mol. The molecule has 1 aliphatic rings. The molecule has 0 radical (unpaired) electrons. The van der Waals surface area contributed by atoms with Crippen LogP contribution in [0.1, 0.15) is 46.7 Å². The van der Waals surface area contributed by atoms with Crippen molar-refractivity contribution in [2.24, 2.45) is 5.41 Å². The van der Waals surface area contributed by atoms with Gasteiger partial charge in [0.05, 0.1) is 11.1 Å². The number of fused-ring (bicyclic) bond motifs is 1. The lowest BCUT2D eigenvalue weighted by Gasteiger charge is -2.27. The van der Waals surface area contributed by atoms with Crippen LogP contribution < -0.4 is 11.1 Å². The van der Waals surface area contributed by atoms with Crippen LogP contribution in [-0.2, 0) is 6.42 Å². The van der Waals surface area contributed by atoms with Gasteiger partial charge in [0.1, 0.15) is 12.0 Å². The first-order valence-electron chi connectivity index (χ1n) is 7.16. The molecule has 1 heterocycles. The highest BCUT2D eigenvalue weighted by Gasteiger charge is 2.36. The highest BCUT2D eigenvalue weighted by atomic mass is 16.3. The summed E-state index contributed by atoms with van der Waals surface area (Å²) in [7, 11) is 0. The van der Waals surface area contributed by atoms with Gasteiger partial charge in [-0.25, -0.2) is 0 Å². The van der Waals surface area contributed by atoms with Gasteiger partial charge in [0.25, 0.3) is 5.91 Å². The zero-order valence-corrected chi connectivity index (χ0v) is 12.6. The van der Waals surface area contributed by atoms with Crippen LogP contribution in [0.4, 0.5) is 11.4 Å². The van der Waals surface area contributed by atoms with E-state index in [1.165, 1.54) is 6.26 Å². The number of rotatable bonds is 2. The van der Waals surface area contributed by atoms with Crippen molar-refractivity contribution >= 4 is 23.1 Å². The number of hydrogen-bond acceptors (Lipinski definition) is 4. The Kier molecular flexibility index (Phi) is 3.28. The molecular weight excluding hydrogens is 280 g/mol. The lowest BCUT2D eigenvalue weighted by Crippen LogP contribution is -2.27. The molecule has 3 N–H and O–H groups in total. The molecule has 3 rings (SSSR count). The van der Waals surface area contributed by atoms with E-state index < -0.39 is 0 Å². The van der Waals surface area contributed by atoms with E-state index in [9.17, 15) is 9.59 Å². The average Bonchev–Trinajstić information content (AvgIpc) is 2.84. The van der Waals surface area contributed by atoms with Crippen LogP contribution >= 0.6 is 0 Å². The maximum Gasteiger partial charge on any atom is 0.259 e. The number of nitrogen functional groups attached to an aromatic ring is 1. The van der Waals surface area contributed by atoms with Crippen molar-refractivity contribution in [3.8, 4) is 0 Å². The highest BCUT2D eigenvalue weighted by Crippen LogP contribution is 2.37. The topological polar surface area (TPSA) is 85.3 Å². The van der Waals surface area contributed by atoms with Crippen molar-refractivity contribution in [3.63, 3.8) is 0 Å². The van der Waals surface area contributed by atoms with Gasteiger partial charge in [0, 0.05) is 24.2 Å². The van der Waals surface area contributed by atoms with E-state index in [1.807, 2.05) is 13.8 Å². The molecule has 2 aromatic rings. The fourth-order valence-corrected chi connectivity index (χ4v) is 2.79. The second-order valence-corrected chi connectivity index (χ2v) is 6.46. The molecular formula is C17H18N2O3. The van der Waals surface area contributed by atoms with E-state index in [-0.39, 0.29) is 17.1 Å². The number of furan rings is 1. The summed E-state index contributed by atoms with van der Waals surface area (Å²) >= 11 is 0. The van der Waals surface area contributed by atoms with E-state index in [4.69, 9.17) is 10.2 Å². The fraction of sp³-hybridized carbons (Fsp3) is 0.294. The number of amides is 1. The zero-order valence-electron chi connectivity index (χ0n) is 12.6. The van der Waals surface area contributed by atoms with Crippen molar-refractivity contribution in [2.75, 3.05) is 11.1 Å². The quantitative estimate of drug-likeness (QED) is 0.833. The molecule has 1 amide bonds. The van der Waals surface area contributed by atoms with E-state index >= 15 is 0 Å². The largest absolute Gasteiger partial charge is 0.468 e. The summed E-state index contributed by atoms with van der Waals surface area (Å²) in [5, 5.41) is 2.76. The molecule has 0 saturated carbocycles. The second kappa shape index (κ2) is 5.02.